The summed E-state index contributed by atoms with van der Waals surface area (Å²) in [5.41, 5.74) is 1.72. The Morgan fingerprint density at radius 3 is 2.59 bits per heavy atom. The summed E-state index contributed by atoms with van der Waals surface area (Å²) in [5.74, 6) is 1.94. The van der Waals surface area contributed by atoms with Gasteiger partial charge in [0.05, 0.1) is 5.41 Å². The summed E-state index contributed by atoms with van der Waals surface area (Å²) >= 11 is 0. The third-order valence-corrected chi connectivity index (χ3v) is 5.27. The van der Waals surface area contributed by atoms with Gasteiger partial charge in [0, 0.05) is 5.92 Å². The highest BCUT2D eigenvalue weighted by molar-refractivity contribution is 5.24. The van der Waals surface area contributed by atoms with Crippen molar-refractivity contribution in [3.63, 3.8) is 0 Å². The van der Waals surface area contributed by atoms with Gasteiger partial charge in [-0.3, -0.25) is 0 Å². The van der Waals surface area contributed by atoms with E-state index in [2.05, 4.69) is 38.6 Å². The summed E-state index contributed by atoms with van der Waals surface area (Å²) in [6, 6.07) is 0.226. The summed E-state index contributed by atoms with van der Waals surface area (Å²) in [6.45, 7) is 16.8. The second kappa shape index (κ2) is 4.48. The first-order valence-corrected chi connectivity index (χ1v) is 7.06. The van der Waals surface area contributed by atoms with Gasteiger partial charge in [-0.15, -0.1) is 0 Å². The molecular formula is C16H25N. The maximum atomic E-state index is 7.66. The van der Waals surface area contributed by atoms with Crippen molar-refractivity contribution in [1.29, 1.82) is 0 Å². The van der Waals surface area contributed by atoms with Crippen LogP contribution in [0.5, 0.6) is 0 Å². The normalized spacial score (nSPS) is 41.6. The van der Waals surface area contributed by atoms with Crippen LogP contribution in [0.15, 0.2) is 11.6 Å². The summed E-state index contributed by atoms with van der Waals surface area (Å²) < 4.78 is 0. The van der Waals surface area contributed by atoms with Gasteiger partial charge in [0.15, 0.2) is 0 Å². The topological polar surface area (TPSA) is 4.36 Å². The minimum absolute atomic E-state index is 0.207. The molecule has 17 heavy (non-hydrogen) atoms. The molecule has 94 valence electrons. The molecule has 0 radical (unpaired) electrons. The number of hydrogen-bond donors (Lipinski definition) is 0. The van der Waals surface area contributed by atoms with Crippen LogP contribution < -0.4 is 0 Å². The van der Waals surface area contributed by atoms with Crippen LogP contribution in [-0.4, -0.2) is 6.04 Å². The van der Waals surface area contributed by atoms with Gasteiger partial charge in [-0.2, -0.15) is 0 Å². The van der Waals surface area contributed by atoms with Crippen LogP contribution in [0, 0.1) is 29.7 Å². The highest BCUT2D eigenvalue weighted by atomic mass is 14.8. The Bertz CT molecular complexity index is 360. The fourth-order valence-electron chi connectivity index (χ4n) is 4.11. The van der Waals surface area contributed by atoms with E-state index in [1.54, 1.807) is 0 Å². The lowest BCUT2D eigenvalue weighted by Gasteiger charge is -2.44. The number of nitrogens with zero attached hydrogens (tertiary/aromatic N) is 1. The van der Waals surface area contributed by atoms with Crippen molar-refractivity contribution in [1.82, 2.24) is 0 Å². The molecule has 2 rings (SSSR count). The predicted molar refractivity (Wildman–Crippen MR) is 72.5 cm³/mol. The van der Waals surface area contributed by atoms with Gasteiger partial charge < -0.3 is 4.85 Å². The molecule has 0 saturated heterocycles. The van der Waals surface area contributed by atoms with Crippen molar-refractivity contribution in [2.24, 2.45) is 23.2 Å². The Morgan fingerprint density at radius 1 is 1.41 bits per heavy atom. The van der Waals surface area contributed by atoms with E-state index in [1.807, 2.05) is 0 Å². The summed E-state index contributed by atoms with van der Waals surface area (Å²) in [6.07, 6.45) is 7.45. The molecule has 0 aliphatic heterocycles. The molecule has 1 saturated carbocycles. The molecule has 0 aromatic rings. The van der Waals surface area contributed by atoms with E-state index in [1.165, 1.54) is 31.3 Å². The van der Waals surface area contributed by atoms with Gasteiger partial charge in [-0.05, 0) is 44.4 Å². The maximum Gasteiger partial charge on any atom is 0.235 e. The van der Waals surface area contributed by atoms with Gasteiger partial charge in [-0.1, -0.05) is 32.4 Å². The van der Waals surface area contributed by atoms with E-state index in [0.29, 0.717) is 17.8 Å². The maximum absolute atomic E-state index is 7.66. The lowest BCUT2D eigenvalue weighted by Crippen LogP contribution is -2.46. The van der Waals surface area contributed by atoms with Crippen molar-refractivity contribution in [2.45, 2.75) is 59.4 Å². The zero-order valence-corrected chi connectivity index (χ0v) is 11.7. The average molecular weight is 231 g/mol. The molecule has 0 aromatic carbocycles. The van der Waals surface area contributed by atoms with Gasteiger partial charge in [-0.25, -0.2) is 6.57 Å². The van der Waals surface area contributed by atoms with Crippen LogP contribution in [-0.2, 0) is 0 Å². The van der Waals surface area contributed by atoms with Crippen LogP contribution in [0.25, 0.3) is 4.85 Å². The largest absolute Gasteiger partial charge is 0.312 e. The van der Waals surface area contributed by atoms with Crippen LogP contribution in [0.2, 0.25) is 0 Å². The third kappa shape index (κ3) is 1.92. The first-order valence-electron chi connectivity index (χ1n) is 7.06. The molecule has 1 fully saturated rings. The molecule has 2 aliphatic carbocycles. The van der Waals surface area contributed by atoms with Crippen LogP contribution >= 0.6 is 0 Å². The molecule has 4 atom stereocenters. The summed E-state index contributed by atoms with van der Waals surface area (Å²) in [5, 5.41) is 0. The van der Waals surface area contributed by atoms with E-state index in [0.717, 1.165) is 0 Å². The van der Waals surface area contributed by atoms with Crippen molar-refractivity contribution in [2.75, 3.05) is 0 Å². The molecule has 0 heterocycles. The SMILES string of the molecule is [C-]#[N+][C@@H]1[C@H](C(C)C)CC[C@H](C)[C@@]12C=C(C)CC2. The molecule has 2 aliphatic rings. The molecule has 0 amide bonds. The molecular weight excluding hydrogens is 206 g/mol. The fraction of sp³-hybridized carbons (Fsp3) is 0.812. The average Bonchev–Trinajstić information content (AvgIpc) is 2.65. The highest BCUT2D eigenvalue weighted by Crippen LogP contribution is 2.54. The molecule has 0 N–H and O–H groups in total. The highest BCUT2D eigenvalue weighted by Gasteiger charge is 2.55. The molecule has 0 aromatic heterocycles. The van der Waals surface area contributed by atoms with Gasteiger partial charge in [0.25, 0.3) is 0 Å². The number of hydrogen-bond acceptors (Lipinski definition) is 0. The predicted octanol–water partition coefficient (Wildman–Crippen LogP) is 4.70. The Hall–Kier alpha value is -0.770. The molecule has 0 unspecified atom stereocenters. The zero-order valence-electron chi connectivity index (χ0n) is 11.7. The lowest BCUT2D eigenvalue weighted by molar-refractivity contribution is 0.0827. The van der Waals surface area contributed by atoms with Crippen molar-refractivity contribution in [3.8, 4) is 0 Å². The van der Waals surface area contributed by atoms with E-state index in [-0.39, 0.29) is 11.5 Å². The molecule has 1 spiro atoms. The quantitative estimate of drug-likeness (QED) is 0.455. The van der Waals surface area contributed by atoms with Crippen molar-refractivity contribution in [3.05, 3.63) is 23.1 Å². The second-order valence-corrected chi connectivity index (χ2v) is 6.56. The van der Waals surface area contributed by atoms with Crippen molar-refractivity contribution >= 4 is 0 Å². The lowest BCUT2D eigenvalue weighted by atomic mass is 9.58. The van der Waals surface area contributed by atoms with Crippen LogP contribution in [0.4, 0.5) is 0 Å². The monoisotopic (exact) mass is 231 g/mol. The Morgan fingerprint density at radius 2 is 2.12 bits per heavy atom. The smallest absolute Gasteiger partial charge is 0.235 e. The third-order valence-electron chi connectivity index (χ3n) is 5.27. The minimum Gasteiger partial charge on any atom is -0.312 e. The molecule has 1 nitrogen and oxygen atoms in total. The van der Waals surface area contributed by atoms with Crippen molar-refractivity contribution < 1.29 is 0 Å². The first-order chi connectivity index (χ1) is 8.01. The van der Waals surface area contributed by atoms with Gasteiger partial charge >= 0.3 is 0 Å². The van der Waals surface area contributed by atoms with E-state index in [4.69, 9.17) is 6.57 Å². The molecule has 1 heteroatoms. The zero-order chi connectivity index (χ0) is 12.6. The van der Waals surface area contributed by atoms with Gasteiger partial charge in [0.2, 0.25) is 6.04 Å². The fourth-order valence-corrected chi connectivity index (χ4v) is 4.11. The Balaban J connectivity index is 2.37. The standard InChI is InChI=1S/C16H25N/c1-11(2)14-7-6-13(4)16(15(14)17-5)9-8-12(3)10-16/h10-11,13-15H,6-9H2,1-4H3/t13-,14-,15+,16+/m0/s1. The van der Waals surface area contributed by atoms with Gasteiger partial charge in [0.1, 0.15) is 0 Å². The number of allylic oxidation sites excluding steroid dienone is 1. The number of rotatable bonds is 1. The van der Waals surface area contributed by atoms with Crippen LogP contribution in [0.1, 0.15) is 53.4 Å². The first kappa shape index (κ1) is 12.7. The molecule has 0 bridgehead atoms. The summed E-state index contributed by atoms with van der Waals surface area (Å²) in [7, 11) is 0. The van der Waals surface area contributed by atoms with Crippen LogP contribution in [0.3, 0.4) is 0 Å². The van der Waals surface area contributed by atoms with E-state index >= 15 is 0 Å². The van der Waals surface area contributed by atoms with E-state index < -0.39 is 0 Å². The van der Waals surface area contributed by atoms with E-state index in [9.17, 15) is 0 Å². The summed E-state index contributed by atoms with van der Waals surface area (Å²) in [4.78, 5) is 4.08. The Labute approximate surface area is 106 Å². The Kier molecular flexibility index (Phi) is 3.34. The second-order valence-electron chi connectivity index (χ2n) is 6.56. The minimum atomic E-state index is 0.207.